The van der Waals surface area contributed by atoms with Crippen LogP contribution in [0.4, 0.5) is 0 Å². The first-order valence-corrected chi connectivity index (χ1v) is 3.12. The van der Waals surface area contributed by atoms with Gasteiger partial charge in [-0.3, -0.25) is 0 Å². The van der Waals surface area contributed by atoms with Crippen LogP contribution < -0.4 is 5.73 Å². The first-order valence-electron chi connectivity index (χ1n) is 3.12. The highest BCUT2D eigenvalue weighted by Gasteiger charge is 1.80. The maximum absolute atomic E-state index is 5.27. The number of rotatable bonds is 4. The summed E-state index contributed by atoms with van der Waals surface area (Å²) in [5.74, 6) is 0. The van der Waals surface area contributed by atoms with Gasteiger partial charge in [0.1, 0.15) is 0 Å². The van der Waals surface area contributed by atoms with Crippen LogP contribution in [0.25, 0.3) is 0 Å². The van der Waals surface area contributed by atoms with E-state index in [0.717, 1.165) is 6.54 Å². The second-order valence-electron chi connectivity index (χ2n) is 1.85. The highest BCUT2D eigenvalue weighted by Crippen LogP contribution is 1.95. The zero-order valence-corrected chi connectivity index (χ0v) is 5.11. The van der Waals surface area contributed by atoms with Gasteiger partial charge in [-0.1, -0.05) is 70.7 Å². The summed E-state index contributed by atoms with van der Waals surface area (Å²) in [6.07, 6.45) is 5.16. The predicted octanol–water partition coefficient (Wildman–Crippen LogP) is 5.34. The molecule has 0 aromatic rings. The molecule has 0 amide bonds. The molecule has 0 aromatic heterocycles. The Morgan fingerprint density at radius 3 is 1.31 bits per heavy atom. The molecule has 0 aliphatic carbocycles. The number of hydrogen-bond donors (Lipinski definition) is 1. The molecule has 0 radical (unpaired) electrons. The summed E-state index contributed by atoms with van der Waals surface area (Å²) < 4.78 is 0. The van der Waals surface area contributed by atoms with Crippen LogP contribution in [0, 0.1) is 0 Å². The van der Waals surface area contributed by atoms with E-state index in [-0.39, 0.29) is 44.6 Å². The Kier molecular flexibility index (Phi) is 234. The van der Waals surface area contributed by atoms with Crippen molar-refractivity contribution in [3.8, 4) is 0 Å². The molecular weight excluding hydrogens is 158 g/mol. The fourth-order valence-electron chi connectivity index (χ4n) is 0.571. The van der Waals surface area contributed by atoms with E-state index in [1.54, 1.807) is 0 Å². The Balaban J connectivity index is -0.0000000120. The summed E-state index contributed by atoms with van der Waals surface area (Å²) in [6, 6.07) is 0. The Bertz CT molecular complexity index is 24.3. The van der Waals surface area contributed by atoms with Crippen molar-refractivity contribution in [1.82, 2.24) is 0 Å². The molecule has 0 fully saturated rings. The van der Waals surface area contributed by atoms with Gasteiger partial charge in [0.15, 0.2) is 0 Å². The molecule has 0 bridgehead atoms. The van der Waals surface area contributed by atoms with Crippen molar-refractivity contribution in [3.63, 3.8) is 0 Å². The van der Waals surface area contributed by atoms with E-state index in [4.69, 9.17) is 5.73 Å². The Hall–Kier alpha value is -0.0400. The topological polar surface area (TPSA) is 26.0 Å². The van der Waals surface area contributed by atoms with Crippen molar-refractivity contribution in [2.45, 2.75) is 77.2 Å². The smallest absolute Gasteiger partial charge is 0.00773 e. The molecule has 0 atom stereocenters. The third-order valence-electron chi connectivity index (χ3n) is 1.06. The number of nitrogens with two attached hydrogens (primary N) is 1. The normalized spacial score (nSPS) is 5.08. The second kappa shape index (κ2) is 58.4. The molecule has 0 spiro atoms. The van der Waals surface area contributed by atoms with Crippen LogP contribution in [0.15, 0.2) is 0 Å². The molecule has 0 aromatic carbocycles. The lowest BCUT2D eigenvalue weighted by Crippen LogP contribution is -1.97. The van der Waals surface area contributed by atoms with E-state index in [0.29, 0.717) is 0 Å². The van der Waals surface area contributed by atoms with Crippen LogP contribution in [-0.4, -0.2) is 6.54 Å². The minimum atomic E-state index is 0. The van der Waals surface area contributed by atoms with Crippen molar-refractivity contribution >= 4 is 0 Å². The van der Waals surface area contributed by atoms with Crippen LogP contribution in [-0.2, 0) is 0 Å². The number of hydrogen-bond acceptors (Lipinski definition) is 1. The Labute approximate surface area is 90.1 Å². The van der Waals surface area contributed by atoms with Crippen LogP contribution in [0.1, 0.15) is 77.2 Å². The van der Waals surface area contributed by atoms with Crippen molar-refractivity contribution in [1.29, 1.82) is 0 Å². The van der Waals surface area contributed by atoms with Crippen molar-refractivity contribution in [2.24, 2.45) is 5.73 Å². The molecule has 0 unspecified atom stereocenters. The molecule has 0 aliphatic heterocycles. The summed E-state index contributed by atoms with van der Waals surface area (Å²) in [5.41, 5.74) is 5.27. The summed E-state index contributed by atoms with van der Waals surface area (Å²) in [4.78, 5) is 0. The van der Waals surface area contributed by atoms with E-state index in [9.17, 15) is 0 Å². The van der Waals surface area contributed by atoms with Gasteiger partial charge in [0.05, 0.1) is 0 Å². The molecule has 1 nitrogen and oxygen atoms in total. The fourth-order valence-corrected chi connectivity index (χ4v) is 0.571. The molecule has 0 saturated heterocycles. The van der Waals surface area contributed by atoms with Gasteiger partial charge >= 0.3 is 0 Å². The first kappa shape index (κ1) is 52.2. The van der Waals surface area contributed by atoms with Gasteiger partial charge < -0.3 is 5.73 Å². The lowest BCUT2D eigenvalue weighted by Gasteiger charge is -1.90. The maximum atomic E-state index is 5.27. The molecule has 13 heavy (non-hydrogen) atoms. The molecule has 0 saturated carbocycles. The Morgan fingerprint density at radius 1 is 0.692 bits per heavy atom. The molecule has 0 heterocycles. The molecule has 0 aliphatic rings. The van der Waals surface area contributed by atoms with Gasteiger partial charge in [-0.05, 0) is 13.0 Å². The van der Waals surface area contributed by atoms with Gasteiger partial charge in [0.25, 0.3) is 0 Å². The maximum Gasteiger partial charge on any atom is -0.00773 e. The third-order valence-corrected chi connectivity index (χ3v) is 1.06. The van der Waals surface area contributed by atoms with Gasteiger partial charge in [-0.15, -0.1) is 0 Å². The first-order chi connectivity index (χ1) is 3.41. The quantitative estimate of drug-likeness (QED) is 0.605. The SMILES string of the molecule is C.C.C.C.C.C.CCCCCCN. The van der Waals surface area contributed by atoms with E-state index in [1.807, 2.05) is 0 Å². The lowest BCUT2D eigenvalue weighted by atomic mass is 10.2. The van der Waals surface area contributed by atoms with Gasteiger partial charge in [-0.25, -0.2) is 0 Å². The molecule has 0 rings (SSSR count). The Morgan fingerprint density at radius 2 is 1.08 bits per heavy atom. The zero-order valence-electron chi connectivity index (χ0n) is 5.11. The van der Waals surface area contributed by atoms with Crippen LogP contribution in [0.3, 0.4) is 0 Å². The van der Waals surface area contributed by atoms with Gasteiger partial charge in [0.2, 0.25) is 0 Å². The van der Waals surface area contributed by atoms with E-state index < -0.39 is 0 Å². The third kappa shape index (κ3) is 75.7. The van der Waals surface area contributed by atoms with E-state index in [2.05, 4.69) is 6.92 Å². The van der Waals surface area contributed by atoms with Crippen LogP contribution in [0.2, 0.25) is 0 Å². The van der Waals surface area contributed by atoms with Crippen LogP contribution in [0.5, 0.6) is 0 Å². The average molecular weight is 197 g/mol. The molecular formula is C12H39N. The average Bonchev–Trinajstić information content (AvgIpc) is 1.69. The number of unbranched alkanes of at least 4 members (excludes halogenated alkanes) is 3. The summed E-state index contributed by atoms with van der Waals surface area (Å²) in [6.45, 7) is 3.07. The summed E-state index contributed by atoms with van der Waals surface area (Å²) in [7, 11) is 0. The minimum absolute atomic E-state index is 0. The molecule has 92 valence electrons. The van der Waals surface area contributed by atoms with E-state index >= 15 is 0 Å². The second-order valence-corrected chi connectivity index (χ2v) is 1.85. The summed E-state index contributed by atoms with van der Waals surface area (Å²) >= 11 is 0. The zero-order chi connectivity index (χ0) is 5.54. The van der Waals surface area contributed by atoms with Crippen LogP contribution >= 0.6 is 0 Å². The highest BCUT2D eigenvalue weighted by atomic mass is 14.5. The van der Waals surface area contributed by atoms with Gasteiger partial charge in [-0.2, -0.15) is 0 Å². The standard InChI is InChI=1S/C6H15N.6CH4/c1-2-3-4-5-6-7;;;;;;/h2-7H2,1H3;6*1H4. The van der Waals surface area contributed by atoms with E-state index in [1.165, 1.54) is 25.7 Å². The predicted molar refractivity (Wildman–Crippen MR) is 73.6 cm³/mol. The lowest BCUT2D eigenvalue weighted by molar-refractivity contribution is 0.674. The van der Waals surface area contributed by atoms with Crippen molar-refractivity contribution in [2.75, 3.05) is 6.54 Å². The van der Waals surface area contributed by atoms with Crippen molar-refractivity contribution in [3.05, 3.63) is 0 Å². The summed E-state index contributed by atoms with van der Waals surface area (Å²) in [5, 5.41) is 0. The molecule has 1 heteroatoms. The fraction of sp³-hybridized carbons (Fsp3) is 1.00. The molecule has 2 N–H and O–H groups in total. The van der Waals surface area contributed by atoms with Gasteiger partial charge in [0, 0.05) is 0 Å². The minimum Gasteiger partial charge on any atom is -0.330 e. The monoisotopic (exact) mass is 197 g/mol. The van der Waals surface area contributed by atoms with Crippen molar-refractivity contribution < 1.29 is 0 Å². The largest absolute Gasteiger partial charge is 0.330 e. The highest BCUT2D eigenvalue weighted by molar-refractivity contribution is 4.38.